The minimum Gasteiger partial charge on any atom is -0.366 e. The quantitative estimate of drug-likeness (QED) is 0.573. The van der Waals surface area contributed by atoms with Crippen molar-refractivity contribution in [2.45, 2.75) is 12.8 Å². The number of anilines is 2. The first kappa shape index (κ1) is 20.6. The summed E-state index contributed by atoms with van der Waals surface area (Å²) < 4.78 is 0. The topological polar surface area (TPSA) is 95.8 Å². The molecule has 29 heavy (non-hydrogen) atoms. The summed E-state index contributed by atoms with van der Waals surface area (Å²) >= 11 is 6.02. The molecule has 2 amide bonds. The lowest BCUT2D eigenvalue weighted by Gasteiger charge is -2.20. The van der Waals surface area contributed by atoms with Gasteiger partial charge in [-0.2, -0.15) is 0 Å². The molecule has 152 valence electrons. The second kappa shape index (κ2) is 8.91. The number of para-hydroxylation sites is 1. The molecule has 0 bridgehead atoms. The van der Waals surface area contributed by atoms with E-state index < -0.39 is 16.7 Å². The van der Waals surface area contributed by atoms with Crippen molar-refractivity contribution in [3.8, 4) is 0 Å². The highest BCUT2D eigenvalue weighted by Crippen LogP contribution is 2.32. The predicted octanol–water partition coefficient (Wildman–Crippen LogP) is 3.56. The van der Waals surface area contributed by atoms with Gasteiger partial charge in [0.25, 0.3) is 11.6 Å². The highest BCUT2D eigenvalue weighted by molar-refractivity contribution is 6.33. The summed E-state index contributed by atoms with van der Waals surface area (Å²) in [5.41, 5.74) is 1.02. The number of halogens is 1. The van der Waals surface area contributed by atoms with E-state index in [0.717, 1.165) is 25.9 Å². The summed E-state index contributed by atoms with van der Waals surface area (Å²) in [6.45, 7) is 1.30. The van der Waals surface area contributed by atoms with Crippen LogP contribution in [0.4, 0.5) is 17.1 Å². The summed E-state index contributed by atoms with van der Waals surface area (Å²) in [7, 11) is 1.47. The Morgan fingerprint density at radius 3 is 2.55 bits per heavy atom. The second-order valence-corrected chi connectivity index (χ2v) is 7.25. The van der Waals surface area contributed by atoms with Crippen molar-refractivity contribution in [3.63, 3.8) is 0 Å². The summed E-state index contributed by atoms with van der Waals surface area (Å²) in [5.74, 6) is -0.896. The number of carbonyl (C=O) groups excluding carboxylic acids is 2. The van der Waals surface area contributed by atoms with Gasteiger partial charge in [-0.3, -0.25) is 19.7 Å². The molecule has 1 aliphatic rings. The Morgan fingerprint density at radius 2 is 1.90 bits per heavy atom. The average Bonchev–Trinajstić information content (AvgIpc) is 3.23. The Morgan fingerprint density at radius 1 is 1.21 bits per heavy atom. The van der Waals surface area contributed by atoms with Gasteiger partial charge in [-0.1, -0.05) is 23.7 Å². The molecule has 0 radical (unpaired) electrons. The molecule has 3 rings (SSSR count). The Balaban J connectivity index is 1.71. The maximum Gasteiger partial charge on any atom is 0.293 e. The third-order valence-corrected chi connectivity index (χ3v) is 5.07. The summed E-state index contributed by atoms with van der Waals surface area (Å²) in [5, 5.41) is 14.5. The van der Waals surface area contributed by atoms with Crippen molar-refractivity contribution in [2.75, 3.05) is 36.9 Å². The maximum atomic E-state index is 12.7. The molecule has 0 unspecified atom stereocenters. The standard InChI is InChI=1S/C20H21ClN4O4/c1-23(13-19(26)22-16-7-3-2-6-15(16)21)20(27)14-8-9-17(18(12-14)25(28)29)24-10-4-5-11-24/h2-3,6-9,12H,4-5,10-11,13H2,1H3,(H,22,26). The van der Waals surface area contributed by atoms with Crippen LogP contribution in [0.25, 0.3) is 0 Å². The van der Waals surface area contributed by atoms with Gasteiger partial charge in [-0.15, -0.1) is 0 Å². The first-order chi connectivity index (χ1) is 13.9. The third kappa shape index (κ3) is 4.83. The fraction of sp³-hybridized carbons (Fsp3) is 0.300. The molecule has 1 fully saturated rings. The van der Waals surface area contributed by atoms with E-state index in [1.54, 1.807) is 36.4 Å². The van der Waals surface area contributed by atoms with Crippen molar-refractivity contribution < 1.29 is 14.5 Å². The summed E-state index contributed by atoms with van der Waals surface area (Å²) in [4.78, 5) is 39.1. The molecule has 9 heteroatoms. The monoisotopic (exact) mass is 416 g/mol. The molecular formula is C20H21ClN4O4. The Bertz CT molecular complexity index is 944. The van der Waals surface area contributed by atoms with Gasteiger partial charge < -0.3 is 15.1 Å². The van der Waals surface area contributed by atoms with Crippen LogP contribution < -0.4 is 10.2 Å². The SMILES string of the molecule is CN(CC(=O)Nc1ccccc1Cl)C(=O)c1ccc(N2CCCC2)c([N+](=O)[O-])c1. The van der Waals surface area contributed by atoms with Gasteiger partial charge in [0.1, 0.15) is 5.69 Å². The Kier molecular flexibility index (Phi) is 6.33. The molecular weight excluding hydrogens is 396 g/mol. The van der Waals surface area contributed by atoms with Gasteiger partial charge in [0, 0.05) is 31.8 Å². The van der Waals surface area contributed by atoms with Crippen molar-refractivity contribution in [2.24, 2.45) is 0 Å². The molecule has 1 saturated heterocycles. The molecule has 1 aliphatic heterocycles. The van der Waals surface area contributed by atoms with E-state index in [-0.39, 0.29) is 17.8 Å². The van der Waals surface area contributed by atoms with E-state index in [2.05, 4.69) is 5.32 Å². The van der Waals surface area contributed by atoms with E-state index in [0.29, 0.717) is 16.4 Å². The first-order valence-corrected chi connectivity index (χ1v) is 9.58. The molecule has 0 spiro atoms. The van der Waals surface area contributed by atoms with Crippen LogP contribution in [0.2, 0.25) is 5.02 Å². The highest BCUT2D eigenvalue weighted by Gasteiger charge is 2.25. The molecule has 2 aromatic carbocycles. The van der Waals surface area contributed by atoms with Crippen LogP contribution in [0.3, 0.4) is 0 Å². The fourth-order valence-electron chi connectivity index (χ4n) is 3.29. The molecule has 8 nitrogen and oxygen atoms in total. The number of benzene rings is 2. The van der Waals surface area contributed by atoms with Gasteiger partial charge in [0.05, 0.1) is 22.2 Å². The van der Waals surface area contributed by atoms with Crippen LogP contribution in [-0.4, -0.2) is 48.3 Å². The molecule has 0 aliphatic carbocycles. The zero-order chi connectivity index (χ0) is 21.0. The molecule has 2 aromatic rings. The number of likely N-dealkylation sites (N-methyl/N-ethyl adjacent to an activating group) is 1. The third-order valence-electron chi connectivity index (χ3n) is 4.74. The Hall–Kier alpha value is -3.13. The van der Waals surface area contributed by atoms with Crippen molar-refractivity contribution in [1.82, 2.24) is 4.90 Å². The largest absolute Gasteiger partial charge is 0.366 e. The number of nitrogens with zero attached hydrogens (tertiary/aromatic N) is 3. The van der Waals surface area contributed by atoms with Gasteiger partial charge in [-0.25, -0.2) is 0 Å². The smallest absolute Gasteiger partial charge is 0.293 e. The summed E-state index contributed by atoms with van der Waals surface area (Å²) in [6, 6.07) is 11.2. The van der Waals surface area contributed by atoms with Crippen LogP contribution in [0.15, 0.2) is 42.5 Å². The lowest BCUT2D eigenvalue weighted by Crippen LogP contribution is -2.35. The number of hydrogen-bond donors (Lipinski definition) is 1. The normalized spacial score (nSPS) is 13.2. The number of rotatable bonds is 6. The number of nitro groups is 1. The van der Waals surface area contributed by atoms with E-state index in [1.807, 2.05) is 4.90 Å². The van der Waals surface area contributed by atoms with E-state index >= 15 is 0 Å². The van der Waals surface area contributed by atoms with Crippen molar-refractivity contribution in [1.29, 1.82) is 0 Å². The maximum absolute atomic E-state index is 12.7. The van der Waals surface area contributed by atoms with Gasteiger partial charge in [-0.05, 0) is 37.1 Å². The lowest BCUT2D eigenvalue weighted by molar-refractivity contribution is -0.384. The number of amides is 2. The highest BCUT2D eigenvalue weighted by atomic mass is 35.5. The average molecular weight is 417 g/mol. The zero-order valence-corrected chi connectivity index (χ0v) is 16.7. The minimum atomic E-state index is -0.478. The van der Waals surface area contributed by atoms with Crippen LogP contribution in [0.5, 0.6) is 0 Å². The Labute approximate surface area is 173 Å². The predicted molar refractivity (Wildman–Crippen MR) is 112 cm³/mol. The first-order valence-electron chi connectivity index (χ1n) is 9.20. The lowest BCUT2D eigenvalue weighted by atomic mass is 10.1. The fourth-order valence-corrected chi connectivity index (χ4v) is 3.47. The zero-order valence-electron chi connectivity index (χ0n) is 15.9. The van der Waals surface area contributed by atoms with Crippen LogP contribution in [0, 0.1) is 10.1 Å². The number of nitro benzene ring substituents is 1. The van der Waals surface area contributed by atoms with Gasteiger partial charge >= 0.3 is 0 Å². The molecule has 1 heterocycles. The van der Waals surface area contributed by atoms with Crippen LogP contribution in [0.1, 0.15) is 23.2 Å². The van der Waals surface area contributed by atoms with E-state index in [4.69, 9.17) is 11.6 Å². The molecule has 0 atom stereocenters. The van der Waals surface area contributed by atoms with Crippen LogP contribution in [-0.2, 0) is 4.79 Å². The minimum absolute atomic E-state index is 0.105. The molecule has 0 aromatic heterocycles. The molecule has 0 saturated carbocycles. The number of nitrogens with one attached hydrogen (secondary N) is 1. The second-order valence-electron chi connectivity index (χ2n) is 6.84. The van der Waals surface area contributed by atoms with Gasteiger partial charge in [0.2, 0.25) is 5.91 Å². The van der Waals surface area contributed by atoms with Crippen molar-refractivity contribution in [3.05, 3.63) is 63.2 Å². The van der Waals surface area contributed by atoms with E-state index in [9.17, 15) is 19.7 Å². The van der Waals surface area contributed by atoms with Crippen LogP contribution >= 0.6 is 11.6 Å². The molecule has 1 N–H and O–H groups in total. The van der Waals surface area contributed by atoms with Gasteiger partial charge in [0.15, 0.2) is 0 Å². The van der Waals surface area contributed by atoms with Crippen molar-refractivity contribution >= 4 is 40.5 Å². The van der Waals surface area contributed by atoms with E-state index in [1.165, 1.54) is 18.0 Å². The summed E-state index contributed by atoms with van der Waals surface area (Å²) in [6.07, 6.45) is 1.97. The number of carbonyl (C=O) groups is 2. The number of hydrogen-bond acceptors (Lipinski definition) is 5.